The quantitative estimate of drug-likeness (QED) is 0.618. The predicted octanol–water partition coefficient (Wildman–Crippen LogP) is 4.74. The number of amides is 1. The topological polar surface area (TPSA) is 59.5 Å². The van der Waals surface area contributed by atoms with E-state index in [9.17, 15) is 9.59 Å². The minimum absolute atomic E-state index is 0.0880. The molecule has 1 saturated heterocycles. The van der Waals surface area contributed by atoms with Gasteiger partial charge in [-0.05, 0) is 55.9 Å². The first-order valence-corrected chi connectivity index (χ1v) is 10.7. The van der Waals surface area contributed by atoms with Gasteiger partial charge in [0.05, 0.1) is 34.2 Å². The van der Waals surface area contributed by atoms with Crippen LogP contribution in [0.5, 0.6) is 5.75 Å². The van der Waals surface area contributed by atoms with E-state index in [1.54, 1.807) is 41.6 Å². The number of carbonyl (C=O) groups excluding carboxylic acids is 2. The molecule has 1 aromatic carbocycles. The summed E-state index contributed by atoms with van der Waals surface area (Å²) in [4.78, 5) is 32.2. The van der Waals surface area contributed by atoms with Gasteiger partial charge in [-0.25, -0.2) is 0 Å². The molecule has 29 heavy (non-hydrogen) atoms. The molecule has 0 N–H and O–H groups in total. The van der Waals surface area contributed by atoms with Crippen LogP contribution >= 0.6 is 23.2 Å². The summed E-state index contributed by atoms with van der Waals surface area (Å²) in [6.07, 6.45) is 7.99. The highest BCUT2D eigenvalue weighted by atomic mass is 35.5. The first-order chi connectivity index (χ1) is 14.0. The van der Waals surface area contributed by atoms with Crippen LogP contribution in [0.25, 0.3) is 0 Å². The number of hydrogen-bond acceptors (Lipinski definition) is 4. The van der Waals surface area contributed by atoms with E-state index in [-0.39, 0.29) is 24.2 Å². The third-order valence-electron chi connectivity index (χ3n) is 5.33. The maximum atomic E-state index is 13.3. The van der Waals surface area contributed by atoms with Crippen LogP contribution in [0, 0.1) is 0 Å². The van der Waals surface area contributed by atoms with E-state index in [0.717, 1.165) is 31.2 Å². The van der Waals surface area contributed by atoms with Crippen LogP contribution in [-0.4, -0.2) is 40.3 Å². The van der Waals surface area contributed by atoms with Gasteiger partial charge in [0.2, 0.25) is 5.91 Å². The molecule has 0 radical (unpaired) electrons. The number of halogens is 2. The Morgan fingerprint density at radius 1 is 1.10 bits per heavy atom. The lowest BCUT2D eigenvalue weighted by Gasteiger charge is -2.35. The molecular weight excluding hydrogens is 411 g/mol. The zero-order chi connectivity index (χ0) is 20.4. The van der Waals surface area contributed by atoms with Crippen LogP contribution < -0.4 is 4.74 Å². The number of nitrogens with zero attached hydrogens (tertiary/aromatic N) is 2. The molecule has 2 aliphatic rings. The molecule has 2 heterocycles. The summed E-state index contributed by atoms with van der Waals surface area (Å²) in [6, 6.07) is 6.41. The van der Waals surface area contributed by atoms with Gasteiger partial charge in [0.1, 0.15) is 5.75 Å². The lowest BCUT2D eigenvalue weighted by atomic mass is 9.94. The third kappa shape index (κ3) is 4.73. The van der Waals surface area contributed by atoms with Crippen molar-refractivity contribution in [2.24, 2.45) is 0 Å². The molecular formula is C22H22Cl2N2O3. The van der Waals surface area contributed by atoms with E-state index in [1.165, 1.54) is 0 Å². The second-order valence-electron chi connectivity index (χ2n) is 7.58. The zero-order valence-corrected chi connectivity index (χ0v) is 17.5. The van der Waals surface area contributed by atoms with Gasteiger partial charge in [0.25, 0.3) is 0 Å². The summed E-state index contributed by atoms with van der Waals surface area (Å²) >= 11 is 12.0. The van der Waals surface area contributed by atoms with Crippen molar-refractivity contribution in [2.45, 2.75) is 50.7 Å². The number of aromatic nitrogens is 1. The van der Waals surface area contributed by atoms with Gasteiger partial charge < -0.3 is 9.64 Å². The summed E-state index contributed by atoms with van der Waals surface area (Å²) in [5, 5.41) is 0.870. The average Bonchev–Trinajstić information content (AvgIpc) is 3.55. The molecule has 2 aromatic rings. The molecule has 1 saturated carbocycles. The van der Waals surface area contributed by atoms with Gasteiger partial charge in [-0.15, -0.1) is 0 Å². The van der Waals surface area contributed by atoms with Crippen molar-refractivity contribution in [1.82, 2.24) is 9.88 Å². The van der Waals surface area contributed by atoms with Crippen molar-refractivity contribution < 1.29 is 14.3 Å². The lowest BCUT2D eigenvalue weighted by Crippen LogP contribution is -2.48. The summed E-state index contributed by atoms with van der Waals surface area (Å²) in [5.74, 6) is 0.376. The number of ether oxygens (including phenoxy) is 1. The number of piperidine rings is 1. The smallest absolute Gasteiger partial charge is 0.227 e. The molecule has 5 nitrogen and oxygen atoms in total. The Labute approximate surface area is 180 Å². The van der Waals surface area contributed by atoms with Crippen LogP contribution in [-0.2, 0) is 11.2 Å². The minimum Gasteiger partial charge on any atom is -0.490 e. The number of pyridine rings is 1. The predicted molar refractivity (Wildman–Crippen MR) is 112 cm³/mol. The van der Waals surface area contributed by atoms with E-state index >= 15 is 0 Å². The van der Waals surface area contributed by atoms with Crippen LogP contribution in [0.15, 0.2) is 36.7 Å². The van der Waals surface area contributed by atoms with Crippen molar-refractivity contribution in [3.63, 3.8) is 0 Å². The largest absolute Gasteiger partial charge is 0.490 e. The molecule has 7 heteroatoms. The maximum Gasteiger partial charge on any atom is 0.227 e. The fourth-order valence-corrected chi connectivity index (χ4v) is 3.96. The second kappa shape index (κ2) is 8.72. The highest BCUT2D eigenvalue weighted by Crippen LogP contribution is 2.31. The van der Waals surface area contributed by atoms with E-state index in [0.29, 0.717) is 34.3 Å². The van der Waals surface area contributed by atoms with E-state index in [1.807, 2.05) is 0 Å². The minimum atomic E-state index is -0.496. The molecule has 1 amide bonds. The Balaban J connectivity index is 1.53. The van der Waals surface area contributed by atoms with Crippen molar-refractivity contribution in [1.29, 1.82) is 0 Å². The first kappa shape index (κ1) is 20.2. The normalized spacial score (nSPS) is 19.1. The van der Waals surface area contributed by atoms with Gasteiger partial charge in [0.15, 0.2) is 5.78 Å². The first-order valence-electron chi connectivity index (χ1n) is 9.91. The van der Waals surface area contributed by atoms with Crippen molar-refractivity contribution in [2.75, 3.05) is 6.54 Å². The van der Waals surface area contributed by atoms with Crippen LogP contribution in [0.2, 0.25) is 10.0 Å². The summed E-state index contributed by atoms with van der Waals surface area (Å²) in [6.45, 7) is 0.565. The SMILES string of the molecule is O=C(c1cnccc1OC1CC1)[C@@H]1CCCCN1C(=O)Cc1ccc(Cl)c(Cl)c1. The van der Waals surface area contributed by atoms with E-state index in [4.69, 9.17) is 27.9 Å². The van der Waals surface area contributed by atoms with Crippen molar-refractivity contribution >= 4 is 34.9 Å². The Hall–Kier alpha value is -2.11. The summed E-state index contributed by atoms with van der Waals surface area (Å²) in [5.41, 5.74) is 1.24. The number of Topliss-reactive ketones (excluding diaryl/α,β-unsaturated/α-hetero) is 1. The van der Waals surface area contributed by atoms with Crippen molar-refractivity contribution in [3.05, 3.63) is 57.8 Å². The van der Waals surface area contributed by atoms with Crippen molar-refractivity contribution in [3.8, 4) is 5.75 Å². The molecule has 1 aliphatic carbocycles. The monoisotopic (exact) mass is 432 g/mol. The highest BCUT2D eigenvalue weighted by Gasteiger charge is 2.35. The molecule has 0 unspecified atom stereocenters. The third-order valence-corrected chi connectivity index (χ3v) is 6.07. The number of hydrogen-bond donors (Lipinski definition) is 0. The molecule has 0 spiro atoms. The van der Waals surface area contributed by atoms with Gasteiger partial charge in [-0.1, -0.05) is 29.3 Å². The fourth-order valence-electron chi connectivity index (χ4n) is 3.64. The molecule has 1 atom stereocenters. The molecule has 1 aromatic heterocycles. The van der Waals surface area contributed by atoms with Gasteiger partial charge in [-0.2, -0.15) is 0 Å². The highest BCUT2D eigenvalue weighted by molar-refractivity contribution is 6.42. The molecule has 2 fully saturated rings. The maximum absolute atomic E-state index is 13.3. The van der Waals surface area contributed by atoms with E-state index < -0.39 is 6.04 Å². The van der Waals surface area contributed by atoms with E-state index in [2.05, 4.69) is 4.98 Å². The van der Waals surface area contributed by atoms with Gasteiger partial charge >= 0.3 is 0 Å². The molecule has 0 bridgehead atoms. The Morgan fingerprint density at radius 2 is 1.93 bits per heavy atom. The number of rotatable bonds is 6. The average molecular weight is 433 g/mol. The Morgan fingerprint density at radius 3 is 2.69 bits per heavy atom. The Bertz CT molecular complexity index is 930. The summed E-state index contributed by atoms with van der Waals surface area (Å²) < 4.78 is 5.89. The zero-order valence-electron chi connectivity index (χ0n) is 15.9. The molecule has 4 rings (SSSR count). The lowest BCUT2D eigenvalue weighted by molar-refractivity contribution is -0.133. The number of carbonyl (C=O) groups is 2. The van der Waals surface area contributed by atoms with Gasteiger partial charge in [-0.3, -0.25) is 14.6 Å². The summed E-state index contributed by atoms with van der Waals surface area (Å²) in [7, 11) is 0. The van der Waals surface area contributed by atoms with Crippen LogP contribution in [0.3, 0.4) is 0 Å². The number of ketones is 1. The standard InChI is InChI=1S/C22H22Cl2N2O3/c23-17-7-4-14(11-18(17)24)12-21(27)26-10-2-1-3-19(26)22(28)16-13-25-9-8-20(16)29-15-5-6-15/h4,7-9,11,13,15,19H,1-3,5-6,10,12H2/t19-/m0/s1. The van der Waals surface area contributed by atoms with Crippen LogP contribution in [0.4, 0.5) is 0 Å². The number of benzene rings is 1. The van der Waals surface area contributed by atoms with Crippen LogP contribution in [0.1, 0.15) is 48.0 Å². The molecule has 1 aliphatic heterocycles. The second-order valence-corrected chi connectivity index (χ2v) is 8.39. The molecule has 152 valence electrons. The Kier molecular flexibility index (Phi) is 6.07. The van der Waals surface area contributed by atoms with Gasteiger partial charge in [0, 0.05) is 18.9 Å². The number of likely N-dealkylation sites (tertiary alicyclic amines) is 1. The fraction of sp³-hybridized carbons (Fsp3) is 0.409.